The number of rotatable bonds is 24. The second-order valence-corrected chi connectivity index (χ2v) is 9.40. The van der Waals surface area contributed by atoms with Crippen molar-refractivity contribution in [2.24, 2.45) is 0 Å². The molecule has 0 fully saturated rings. The molecule has 0 unspecified atom stereocenters. The highest BCUT2D eigenvalue weighted by atomic mass is 16.4. The van der Waals surface area contributed by atoms with Gasteiger partial charge in [-0.05, 0) is 6.42 Å². The molecule has 0 aromatic rings. The topological polar surface area (TPSA) is 118 Å². The van der Waals surface area contributed by atoms with Crippen molar-refractivity contribution in [1.29, 1.82) is 0 Å². The lowest BCUT2D eigenvalue weighted by Gasteiger charge is -2.24. The lowest BCUT2D eigenvalue weighted by molar-refractivity contribution is -0.147. The molecule has 0 rings (SSSR count). The number of ketones is 1. The van der Waals surface area contributed by atoms with Crippen molar-refractivity contribution >= 4 is 5.78 Å². The Morgan fingerprint density at radius 3 is 1.25 bits per heavy atom. The van der Waals surface area contributed by atoms with Crippen LogP contribution in [0.5, 0.6) is 0 Å². The summed E-state index contributed by atoms with van der Waals surface area (Å²) in [5, 5.41) is 47.1. The summed E-state index contributed by atoms with van der Waals surface area (Å²) in [6.07, 6.45) is 16.0. The van der Waals surface area contributed by atoms with Crippen LogP contribution >= 0.6 is 0 Å². The number of hydrogen-bond donors (Lipinski definition) is 5. The molecule has 0 heterocycles. The van der Waals surface area contributed by atoms with E-state index in [-0.39, 0.29) is 6.42 Å². The van der Waals surface area contributed by atoms with Crippen molar-refractivity contribution in [2.75, 3.05) is 6.61 Å². The van der Waals surface area contributed by atoms with E-state index in [0.717, 1.165) is 19.3 Å². The lowest BCUT2D eigenvalue weighted by Crippen LogP contribution is -2.48. The number of aliphatic hydroxyl groups is 5. The van der Waals surface area contributed by atoms with Gasteiger partial charge in [-0.1, -0.05) is 116 Å². The van der Waals surface area contributed by atoms with Crippen LogP contribution in [0.25, 0.3) is 0 Å². The van der Waals surface area contributed by atoms with Gasteiger partial charge in [-0.15, -0.1) is 0 Å². The fourth-order valence-electron chi connectivity index (χ4n) is 4.06. The van der Waals surface area contributed by atoms with E-state index in [1.807, 2.05) is 0 Å². The first kappa shape index (κ1) is 31.5. The van der Waals surface area contributed by atoms with Crippen molar-refractivity contribution in [1.82, 2.24) is 0 Å². The van der Waals surface area contributed by atoms with E-state index >= 15 is 0 Å². The van der Waals surface area contributed by atoms with Crippen LogP contribution in [0.1, 0.15) is 129 Å². The van der Waals surface area contributed by atoms with Gasteiger partial charge in [0.25, 0.3) is 0 Å². The van der Waals surface area contributed by atoms with Gasteiger partial charge < -0.3 is 25.5 Å². The van der Waals surface area contributed by atoms with Crippen LogP contribution in [0, 0.1) is 0 Å². The number of Topliss-reactive ketones (excluding diaryl/α,β-unsaturated/α-hetero) is 1. The first-order valence-electron chi connectivity index (χ1n) is 13.3. The third kappa shape index (κ3) is 17.0. The lowest BCUT2D eigenvalue weighted by atomic mass is 9.97. The summed E-state index contributed by atoms with van der Waals surface area (Å²) < 4.78 is 0. The molecule has 192 valence electrons. The largest absolute Gasteiger partial charge is 0.394 e. The Hall–Kier alpha value is -0.530. The highest BCUT2D eigenvalue weighted by molar-refractivity contribution is 5.83. The molecule has 0 saturated carbocycles. The minimum Gasteiger partial charge on any atom is -0.394 e. The SMILES string of the molecule is CCCCCCCCCCCCCCCCCCCCC(=O)[C@H](O)[C@@H](O)[C@H](O)[C@H](O)CO. The van der Waals surface area contributed by atoms with Crippen molar-refractivity contribution in [3.8, 4) is 0 Å². The Morgan fingerprint density at radius 1 is 0.562 bits per heavy atom. The fourth-order valence-corrected chi connectivity index (χ4v) is 4.06. The normalized spacial score (nSPS) is 15.4. The van der Waals surface area contributed by atoms with Crippen LogP contribution in [-0.2, 0) is 4.79 Å². The summed E-state index contributed by atoms with van der Waals surface area (Å²) in [5.41, 5.74) is 0. The Bertz CT molecular complexity index is 417. The molecule has 0 aliphatic carbocycles. The van der Waals surface area contributed by atoms with Crippen LogP contribution in [0.2, 0.25) is 0 Å². The number of aliphatic hydroxyl groups excluding tert-OH is 5. The van der Waals surface area contributed by atoms with E-state index in [9.17, 15) is 25.2 Å². The second kappa shape index (κ2) is 22.3. The molecule has 4 atom stereocenters. The molecule has 5 N–H and O–H groups in total. The van der Waals surface area contributed by atoms with Crippen LogP contribution < -0.4 is 0 Å². The average molecular weight is 461 g/mol. The van der Waals surface area contributed by atoms with E-state index in [0.29, 0.717) is 6.42 Å². The number of carbonyl (C=O) groups is 1. The summed E-state index contributed by atoms with van der Waals surface area (Å²) in [7, 11) is 0. The highest BCUT2D eigenvalue weighted by Gasteiger charge is 2.33. The van der Waals surface area contributed by atoms with Crippen LogP contribution in [0.15, 0.2) is 0 Å². The molecule has 0 aromatic carbocycles. The van der Waals surface area contributed by atoms with Gasteiger partial charge in [-0.3, -0.25) is 4.79 Å². The van der Waals surface area contributed by atoms with Gasteiger partial charge in [0.05, 0.1) is 6.61 Å². The zero-order chi connectivity index (χ0) is 24.0. The summed E-state index contributed by atoms with van der Waals surface area (Å²) in [6, 6.07) is 0. The molecule has 32 heavy (non-hydrogen) atoms. The molecule has 6 heteroatoms. The molecule has 0 spiro atoms. The van der Waals surface area contributed by atoms with Gasteiger partial charge in [0.15, 0.2) is 5.78 Å². The first-order chi connectivity index (χ1) is 15.5. The maximum absolute atomic E-state index is 11.9. The standard InChI is InChI=1S/C26H52O6/c1-2-3-4-5-6-7-8-9-10-11-12-13-14-15-16-17-18-19-20-22(28)24(30)26(32)25(31)23(29)21-27/h23-27,29-32H,2-21H2,1H3/t23-,24+,25-,26-/m1/s1. The van der Waals surface area contributed by atoms with Gasteiger partial charge >= 0.3 is 0 Å². The van der Waals surface area contributed by atoms with Gasteiger partial charge in [0.1, 0.15) is 24.4 Å². The van der Waals surface area contributed by atoms with E-state index in [2.05, 4.69) is 6.92 Å². The minimum atomic E-state index is -1.79. The van der Waals surface area contributed by atoms with Gasteiger partial charge in [0, 0.05) is 6.42 Å². The minimum absolute atomic E-state index is 0.138. The molecule has 0 aliphatic rings. The molecule has 6 nitrogen and oxygen atoms in total. The molecule has 0 radical (unpaired) electrons. The van der Waals surface area contributed by atoms with Gasteiger partial charge in [0.2, 0.25) is 0 Å². The smallest absolute Gasteiger partial charge is 0.164 e. The Kier molecular flexibility index (Phi) is 21.9. The maximum atomic E-state index is 11.9. The monoisotopic (exact) mass is 460 g/mol. The molecular weight excluding hydrogens is 408 g/mol. The fraction of sp³-hybridized carbons (Fsp3) is 0.962. The predicted molar refractivity (Wildman–Crippen MR) is 130 cm³/mol. The zero-order valence-corrected chi connectivity index (χ0v) is 20.6. The van der Waals surface area contributed by atoms with E-state index < -0.39 is 36.8 Å². The van der Waals surface area contributed by atoms with Crippen molar-refractivity contribution in [3.63, 3.8) is 0 Å². The Balaban J connectivity index is 3.42. The molecule has 0 bridgehead atoms. The number of unbranched alkanes of at least 4 members (excludes halogenated alkanes) is 17. The first-order valence-corrected chi connectivity index (χ1v) is 13.3. The van der Waals surface area contributed by atoms with E-state index in [1.54, 1.807) is 0 Å². The van der Waals surface area contributed by atoms with Crippen LogP contribution in [0.3, 0.4) is 0 Å². The average Bonchev–Trinajstić information content (AvgIpc) is 2.81. The Labute approximate surface area is 196 Å². The third-order valence-electron chi connectivity index (χ3n) is 6.36. The molecule has 0 aliphatic heterocycles. The summed E-state index contributed by atoms with van der Waals surface area (Å²) in [6.45, 7) is 1.51. The summed E-state index contributed by atoms with van der Waals surface area (Å²) in [4.78, 5) is 11.9. The number of carbonyl (C=O) groups excluding carboxylic acids is 1. The van der Waals surface area contributed by atoms with Gasteiger partial charge in [-0.2, -0.15) is 0 Å². The number of hydrogen-bond acceptors (Lipinski definition) is 6. The van der Waals surface area contributed by atoms with Crippen LogP contribution in [-0.4, -0.2) is 62.3 Å². The zero-order valence-electron chi connectivity index (χ0n) is 20.6. The molecule has 0 amide bonds. The molecular formula is C26H52O6. The van der Waals surface area contributed by atoms with E-state index in [1.165, 1.54) is 89.9 Å². The third-order valence-corrected chi connectivity index (χ3v) is 6.36. The molecule has 0 saturated heterocycles. The summed E-state index contributed by atoms with van der Waals surface area (Å²) >= 11 is 0. The van der Waals surface area contributed by atoms with Gasteiger partial charge in [-0.25, -0.2) is 0 Å². The van der Waals surface area contributed by atoms with Crippen molar-refractivity contribution < 1.29 is 30.3 Å². The van der Waals surface area contributed by atoms with Crippen molar-refractivity contribution in [3.05, 3.63) is 0 Å². The highest BCUT2D eigenvalue weighted by Crippen LogP contribution is 2.15. The van der Waals surface area contributed by atoms with E-state index in [4.69, 9.17) is 5.11 Å². The maximum Gasteiger partial charge on any atom is 0.164 e. The molecule has 0 aromatic heterocycles. The second-order valence-electron chi connectivity index (χ2n) is 9.40. The summed E-state index contributed by atoms with van der Waals surface area (Å²) in [5.74, 6) is -0.543. The Morgan fingerprint density at radius 2 is 0.906 bits per heavy atom. The van der Waals surface area contributed by atoms with Crippen LogP contribution in [0.4, 0.5) is 0 Å². The van der Waals surface area contributed by atoms with Crippen molar-refractivity contribution in [2.45, 2.75) is 153 Å². The quantitative estimate of drug-likeness (QED) is 0.136. The predicted octanol–water partition coefficient (Wildman–Crippen LogP) is 4.42.